The summed E-state index contributed by atoms with van der Waals surface area (Å²) in [6.45, 7) is 9.44. The molecular formula is C29H36F3NO7S. The number of carbonyl (C=O) groups is 3. The minimum absolute atomic E-state index is 0.0342. The predicted octanol–water partition coefficient (Wildman–Crippen LogP) is 5.89. The van der Waals surface area contributed by atoms with Gasteiger partial charge >= 0.3 is 24.2 Å². The third kappa shape index (κ3) is 9.67. The average molecular weight is 600 g/mol. The fourth-order valence-electron chi connectivity index (χ4n) is 3.93. The van der Waals surface area contributed by atoms with Gasteiger partial charge in [0.1, 0.15) is 5.60 Å². The molecule has 226 valence electrons. The Bertz CT molecular complexity index is 1190. The van der Waals surface area contributed by atoms with Crippen LogP contribution in [-0.2, 0) is 47.6 Å². The van der Waals surface area contributed by atoms with Gasteiger partial charge in [0.2, 0.25) is 5.54 Å². The standard InChI is InChI=1S/C29H36F3NO7S/c1-7-38-24(34)28(25(35)39-8-2,33-26(36)40-27(4,5)6)15-9-10-20-11-13-22(14-12-20)41(37)23-17-19(3)16-21(18-23)29(30,31)32/h11-14,16-18H,7-10,15H2,1-6H3,(H,33,36). The lowest BCUT2D eigenvalue weighted by Gasteiger charge is -2.31. The second-order valence-electron chi connectivity index (χ2n) is 10.3. The first-order valence-corrected chi connectivity index (χ1v) is 14.2. The Morgan fingerprint density at radius 3 is 1.95 bits per heavy atom. The molecule has 2 aromatic rings. The van der Waals surface area contributed by atoms with E-state index in [2.05, 4.69) is 5.32 Å². The lowest BCUT2D eigenvalue weighted by atomic mass is 9.91. The zero-order valence-electron chi connectivity index (χ0n) is 24.0. The Labute approximate surface area is 241 Å². The van der Waals surface area contributed by atoms with E-state index < -0.39 is 52.1 Å². The number of aryl methyl sites for hydroxylation is 2. The summed E-state index contributed by atoms with van der Waals surface area (Å²) in [7, 11) is 0. The van der Waals surface area contributed by atoms with Crippen LogP contribution in [0.4, 0.5) is 18.0 Å². The minimum atomic E-state index is -4.56. The second-order valence-corrected chi connectivity index (χ2v) is 11.8. The Morgan fingerprint density at radius 2 is 1.46 bits per heavy atom. The van der Waals surface area contributed by atoms with Crippen LogP contribution in [0, 0.1) is 6.92 Å². The molecule has 0 spiro atoms. The highest BCUT2D eigenvalue weighted by atomic mass is 32.2. The van der Waals surface area contributed by atoms with Crippen molar-refractivity contribution >= 4 is 29.2 Å². The first-order chi connectivity index (χ1) is 19.0. The number of rotatable bonds is 11. The van der Waals surface area contributed by atoms with E-state index in [-0.39, 0.29) is 31.0 Å². The molecule has 0 bridgehead atoms. The fourth-order valence-corrected chi connectivity index (χ4v) is 5.11. The number of nitrogens with one attached hydrogen (secondary N) is 1. The summed E-state index contributed by atoms with van der Waals surface area (Å²) in [5, 5.41) is 2.37. The minimum Gasteiger partial charge on any atom is -0.606 e. The van der Waals surface area contributed by atoms with E-state index in [0.29, 0.717) is 16.9 Å². The molecule has 2 rings (SSSR count). The fraction of sp³-hybridized carbons (Fsp3) is 0.483. The predicted molar refractivity (Wildman–Crippen MR) is 146 cm³/mol. The van der Waals surface area contributed by atoms with Crippen molar-refractivity contribution in [3.63, 3.8) is 0 Å². The number of esters is 2. The normalized spacial score (nSPS) is 12.8. The highest BCUT2D eigenvalue weighted by Crippen LogP contribution is 2.33. The first kappa shape index (κ1) is 34.0. The summed E-state index contributed by atoms with van der Waals surface area (Å²) in [6, 6.07) is 9.72. The molecule has 0 aliphatic heterocycles. The summed E-state index contributed by atoms with van der Waals surface area (Å²) < 4.78 is 68.1. The van der Waals surface area contributed by atoms with Crippen LogP contribution in [0.5, 0.6) is 0 Å². The Balaban J connectivity index is 2.23. The van der Waals surface area contributed by atoms with E-state index >= 15 is 0 Å². The maximum absolute atomic E-state index is 13.2. The topological polar surface area (TPSA) is 114 Å². The number of ether oxygens (including phenoxy) is 3. The molecule has 0 saturated heterocycles. The molecule has 1 N–H and O–H groups in total. The van der Waals surface area contributed by atoms with E-state index in [1.165, 1.54) is 13.0 Å². The summed E-state index contributed by atoms with van der Waals surface area (Å²) in [5.41, 5.74) is -2.83. The lowest BCUT2D eigenvalue weighted by Crippen LogP contribution is -2.62. The number of halogens is 3. The molecule has 1 amide bonds. The van der Waals surface area contributed by atoms with Crippen LogP contribution in [0.2, 0.25) is 0 Å². The zero-order valence-corrected chi connectivity index (χ0v) is 24.8. The highest BCUT2D eigenvalue weighted by molar-refractivity contribution is 7.91. The Morgan fingerprint density at radius 1 is 0.902 bits per heavy atom. The molecular weight excluding hydrogens is 563 g/mol. The number of alkyl halides is 3. The Kier molecular flexibility index (Phi) is 11.7. The number of amides is 1. The molecule has 8 nitrogen and oxygen atoms in total. The van der Waals surface area contributed by atoms with E-state index in [4.69, 9.17) is 14.2 Å². The van der Waals surface area contributed by atoms with E-state index in [1.807, 2.05) is 0 Å². The maximum Gasteiger partial charge on any atom is 0.416 e. The lowest BCUT2D eigenvalue weighted by molar-refractivity contribution is -0.166. The molecule has 1 atom stereocenters. The summed E-state index contributed by atoms with van der Waals surface area (Å²) >= 11 is -1.85. The van der Waals surface area contributed by atoms with Gasteiger partial charge in [0.25, 0.3) is 0 Å². The van der Waals surface area contributed by atoms with Crippen molar-refractivity contribution in [2.75, 3.05) is 13.2 Å². The number of hydrogen-bond acceptors (Lipinski definition) is 7. The largest absolute Gasteiger partial charge is 0.606 e. The smallest absolute Gasteiger partial charge is 0.416 e. The van der Waals surface area contributed by atoms with Crippen LogP contribution < -0.4 is 5.32 Å². The van der Waals surface area contributed by atoms with Crippen molar-refractivity contribution in [1.29, 1.82) is 0 Å². The third-order valence-electron chi connectivity index (χ3n) is 5.71. The molecule has 0 aromatic heterocycles. The van der Waals surface area contributed by atoms with Gasteiger partial charge in [-0.15, -0.1) is 0 Å². The van der Waals surface area contributed by atoms with Crippen molar-refractivity contribution in [3.8, 4) is 0 Å². The third-order valence-corrected chi connectivity index (χ3v) is 7.07. The zero-order chi connectivity index (χ0) is 31.0. The van der Waals surface area contributed by atoms with Gasteiger partial charge in [0.05, 0.1) is 18.8 Å². The molecule has 41 heavy (non-hydrogen) atoms. The van der Waals surface area contributed by atoms with Gasteiger partial charge < -0.3 is 18.8 Å². The molecule has 12 heteroatoms. The van der Waals surface area contributed by atoms with Crippen LogP contribution in [0.15, 0.2) is 52.3 Å². The van der Waals surface area contributed by atoms with Crippen LogP contribution in [0.3, 0.4) is 0 Å². The van der Waals surface area contributed by atoms with E-state index in [0.717, 1.165) is 17.7 Å². The van der Waals surface area contributed by atoms with Crippen molar-refractivity contribution in [1.82, 2.24) is 5.32 Å². The highest BCUT2D eigenvalue weighted by Gasteiger charge is 2.50. The van der Waals surface area contributed by atoms with Crippen LogP contribution in [0.1, 0.15) is 64.2 Å². The van der Waals surface area contributed by atoms with Crippen molar-refractivity contribution < 1.29 is 46.3 Å². The quantitative estimate of drug-likeness (QED) is 0.148. The van der Waals surface area contributed by atoms with Crippen molar-refractivity contribution in [2.45, 2.75) is 87.9 Å². The van der Waals surface area contributed by atoms with Gasteiger partial charge in [0.15, 0.2) is 9.79 Å². The number of carbonyl (C=O) groups excluding carboxylic acids is 3. The first-order valence-electron chi connectivity index (χ1n) is 13.1. The van der Waals surface area contributed by atoms with Gasteiger partial charge in [-0.1, -0.05) is 12.1 Å². The van der Waals surface area contributed by atoms with Crippen LogP contribution in [0.25, 0.3) is 0 Å². The molecule has 0 saturated carbocycles. The summed E-state index contributed by atoms with van der Waals surface area (Å²) in [6.07, 6.45) is -5.15. The number of alkyl carbamates (subject to hydrolysis) is 1. The molecule has 2 aromatic carbocycles. The number of benzene rings is 2. The monoisotopic (exact) mass is 599 g/mol. The summed E-state index contributed by atoms with van der Waals surface area (Å²) in [5.74, 6) is -1.96. The van der Waals surface area contributed by atoms with Gasteiger partial charge in [-0.2, -0.15) is 13.2 Å². The van der Waals surface area contributed by atoms with Crippen LogP contribution in [-0.4, -0.2) is 46.9 Å². The van der Waals surface area contributed by atoms with Gasteiger partial charge in [-0.05, 0) is 96.2 Å². The maximum atomic E-state index is 13.2. The van der Waals surface area contributed by atoms with Gasteiger partial charge in [-0.25, -0.2) is 14.4 Å². The van der Waals surface area contributed by atoms with Crippen LogP contribution >= 0.6 is 0 Å². The SMILES string of the molecule is CCOC(=O)C(CCCc1ccc([S+]([O-])c2cc(C)cc(C(F)(F)F)c2)cc1)(NC(=O)OC(C)(C)C)C(=O)OCC. The van der Waals surface area contributed by atoms with Crippen molar-refractivity contribution in [3.05, 3.63) is 59.2 Å². The Hall–Kier alpha value is -3.25. The summed E-state index contributed by atoms with van der Waals surface area (Å²) in [4.78, 5) is 38.9. The van der Waals surface area contributed by atoms with Crippen molar-refractivity contribution in [2.24, 2.45) is 0 Å². The molecule has 0 heterocycles. The molecule has 0 radical (unpaired) electrons. The second kappa shape index (κ2) is 14.1. The van der Waals surface area contributed by atoms with E-state index in [9.17, 15) is 32.1 Å². The van der Waals surface area contributed by atoms with E-state index in [1.54, 1.807) is 58.9 Å². The number of hydrogen-bond donors (Lipinski definition) is 1. The van der Waals surface area contributed by atoms with Gasteiger partial charge in [0, 0.05) is 17.2 Å². The molecule has 0 aliphatic carbocycles. The average Bonchev–Trinajstić information content (AvgIpc) is 2.86. The molecule has 1 unspecified atom stereocenters. The van der Waals surface area contributed by atoms with Gasteiger partial charge in [-0.3, -0.25) is 5.32 Å². The molecule has 0 fully saturated rings. The molecule has 0 aliphatic rings.